The summed E-state index contributed by atoms with van der Waals surface area (Å²) in [4.78, 5) is 2.71. The Kier molecular flexibility index (Phi) is 3.39. The van der Waals surface area contributed by atoms with Crippen LogP contribution in [0.5, 0.6) is 0 Å². The molecule has 1 saturated carbocycles. The molecule has 0 amide bonds. The van der Waals surface area contributed by atoms with Crippen molar-refractivity contribution in [1.82, 2.24) is 4.90 Å². The molecular formula is C14H27N. The maximum Gasteiger partial charge on any atom is 0.00387 e. The van der Waals surface area contributed by atoms with Gasteiger partial charge in [-0.05, 0) is 56.9 Å². The average Bonchev–Trinajstić information content (AvgIpc) is 2.17. The molecule has 2 rings (SSSR count). The molecule has 2 aliphatic rings. The van der Waals surface area contributed by atoms with E-state index < -0.39 is 0 Å². The van der Waals surface area contributed by atoms with Gasteiger partial charge in [0, 0.05) is 12.6 Å². The van der Waals surface area contributed by atoms with E-state index >= 15 is 0 Å². The lowest BCUT2D eigenvalue weighted by atomic mass is 9.56. The average molecular weight is 209 g/mol. The van der Waals surface area contributed by atoms with Crippen LogP contribution in [0.25, 0.3) is 0 Å². The van der Waals surface area contributed by atoms with Crippen molar-refractivity contribution in [3.8, 4) is 0 Å². The van der Waals surface area contributed by atoms with Gasteiger partial charge >= 0.3 is 0 Å². The van der Waals surface area contributed by atoms with Crippen LogP contribution in [0.15, 0.2) is 0 Å². The van der Waals surface area contributed by atoms with Gasteiger partial charge in [0.2, 0.25) is 0 Å². The Bertz CT molecular complexity index is 211. The van der Waals surface area contributed by atoms with Crippen LogP contribution in [0, 0.1) is 23.7 Å². The van der Waals surface area contributed by atoms with Gasteiger partial charge in [0.25, 0.3) is 0 Å². The van der Waals surface area contributed by atoms with E-state index in [1.165, 1.54) is 32.4 Å². The first kappa shape index (κ1) is 11.4. The molecule has 0 aromatic carbocycles. The molecule has 0 N–H and O–H groups in total. The molecule has 0 aromatic heterocycles. The summed E-state index contributed by atoms with van der Waals surface area (Å²) in [6, 6.07) is 0.742. The summed E-state index contributed by atoms with van der Waals surface area (Å²) in [6.07, 6.45) is 4.38. The van der Waals surface area contributed by atoms with Crippen molar-refractivity contribution >= 4 is 0 Å². The molecule has 0 aromatic rings. The standard InChI is InChI=1S/C14H27N/c1-10(2)15-8-6-5-7-13-11(3)12(4)14(13)9-15/h10-14H,5-9H2,1-4H3. The van der Waals surface area contributed by atoms with Crippen molar-refractivity contribution in [2.75, 3.05) is 13.1 Å². The summed E-state index contributed by atoms with van der Waals surface area (Å²) in [5.41, 5.74) is 0. The van der Waals surface area contributed by atoms with Gasteiger partial charge < -0.3 is 4.90 Å². The third kappa shape index (κ3) is 2.08. The molecule has 1 saturated heterocycles. The lowest BCUT2D eigenvalue weighted by molar-refractivity contribution is -0.0420. The van der Waals surface area contributed by atoms with Crippen LogP contribution < -0.4 is 0 Å². The Morgan fingerprint density at radius 3 is 2.33 bits per heavy atom. The topological polar surface area (TPSA) is 3.24 Å². The van der Waals surface area contributed by atoms with Crippen molar-refractivity contribution in [2.45, 2.75) is 53.0 Å². The highest BCUT2D eigenvalue weighted by Crippen LogP contribution is 2.49. The van der Waals surface area contributed by atoms with Crippen molar-refractivity contribution in [2.24, 2.45) is 23.7 Å². The van der Waals surface area contributed by atoms with E-state index in [0.717, 1.165) is 29.7 Å². The molecule has 0 spiro atoms. The van der Waals surface area contributed by atoms with Crippen molar-refractivity contribution in [3.63, 3.8) is 0 Å². The highest BCUT2D eigenvalue weighted by atomic mass is 15.1. The highest BCUT2D eigenvalue weighted by molar-refractivity contribution is 4.95. The minimum atomic E-state index is 0.742. The zero-order valence-electron chi connectivity index (χ0n) is 10.9. The number of hydrogen-bond donors (Lipinski definition) is 0. The van der Waals surface area contributed by atoms with Gasteiger partial charge in [-0.2, -0.15) is 0 Å². The number of nitrogens with zero attached hydrogens (tertiary/aromatic N) is 1. The van der Waals surface area contributed by atoms with E-state index in [-0.39, 0.29) is 0 Å². The van der Waals surface area contributed by atoms with E-state index in [2.05, 4.69) is 32.6 Å². The van der Waals surface area contributed by atoms with Gasteiger partial charge in [0.1, 0.15) is 0 Å². The fourth-order valence-electron chi connectivity index (χ4n) is 3.72. The Morgan fingerprint density at radius 1 is 1.00 bits per heavy atom. The molecule has 1 aliphatic carbocycles. The SMILES string of the molecule is CC1C(C)C2CN(C(C)C)CCCCC12. The summed E-state index contributed by atoms with van der Waals surface area (Å²) < 4.78 is 0. The van der Waals surface area contributed by atoms with E-state index in [1.807, 2.05) is 0 Å². The third-order valence-electron chi connectivity index (χ3n) is 5.14. The minimum Gasteiger partial charge on any atom is -0.301 e. The van der Waals surface area contributed by atoms with Gasteiger partial charge in [0.05, 0.1) is 0 Å². The molecule has 15 heavy (non-hydrogen) atoms. The van der Waals surface area contributed by atoms with Gasteiger partial charge in [0.15, 0.2) is 0 Å². The molecule has 1 nitrogen and oxygen atoms in total. The summed E-state index contributed by atoms with van der Waals surface area (Å²) in [5, 5.41) is 0. The third-order valence-corrected chi connectivity index (χ3v) is 5.14. The zero-order valence-corrected chi connectivity index (χ0v) is 10.9. The molecule has 1 heterocycles. The van der Waals surface area contributed by atoms with Crippen LogP contribution in [-0.2, 0) is 0 Å². The molecule has 4 unspecified atom stereocenters. The summed E-state index contributed by atoms with van der Waals surface area (Å²) >= 11 is 0. The van der Waals surface area contributed by atoms with Crippen LogP contribution in [0.4, 0.5) is 0 Å². The maximum atomic E-state index is 2.71. The lowest BCUT2D eigenvalue weighted by Gasteiger charge is -2.53. The van der Waals surface area contributed by atoms with Gasteiger partial charge in [-0.3, -0.25) is 0 Å². The van der Waals surface area contributed by atoms with Crippen LogP contribution >= 0.6 is 0 Å². The van der Waals surface area contributed by atoms with Crippen molar-refractivity contribution < 1.29 is 0 Å². The van der Waals surface area contributed by atoms with Gasteiger partial charge in [-0.25, -0.2) is 0 Å². The van der Waals surface area contributed by atoms with E-state index in [0.29, 0.717) is 0 Å². The maximum absolute atomic E-state index is 2.71. The number of fused-ring (bicyclic) bond motifs is 1. The molecule has 1 aliphatic heterocycles. The molecule has 0 radical (unpaired) electrons. The van der Waals surface area contributed by atoms with Gasteiger partial charge in [-0.1, -0.05) is 20.3 Å². The normalized spacial score (nSPS) is 43.0. The predicted octanol–water partition coefficient (Wildman–Crippen LogP) is 3.40. The Balaban J connectivity index is 1.99. The summed E-state index contributed by atoms with van der Waals surface area (Å²) in [5.74, 6) is 4.00. The van der Waals surface area contributed by atoms with Crippen LogP contribution in [0.2, 0.25) is 0 Å². The van der Waals surface area contributed by atoms with Crippen LogP contribution in [0.3, 0.4) is 0 Å². The molecule has 4 atom stereocenters. The van der Waals surface area contributed by atoms with E-state index in [1.54, 1.807) is 0 Å². The number of rotatable bonds is 1. The second-order valence-corrected chi connectivity index (χ2v) is 6.13. The van der Waals surface area contributed by atoms with Crippen LogP contribution in [0.1, 0.15) is 47.0 Å². The molecule has 0 bridgehead atoms. The molecule has 88 valence electrons. The Labute approximate surface area is 95.2 Å². The summed E-state index contributed by atoms with van der Waals surface area (Å²) in [7, 11) is 0. The van der Waals surface area contributed by atoms with Crippen molar-refractivity contribution in [1.29, 1.82) is 0 Å². The molecule has 2 fully saturated rings. The first-order chi connectivity index (χ1) is 7.11. The number of hydrogen-bond acceptors (Lipinski definition) is 1. The number of likely N-dealkylation sites (tertiary alicyclic amines) is 1. The largest absolute Gasteiger partial charge is 0.301 e. The fraction of sp³-hybridized carbons (Fsp3) is 1.00. The predicted molar refractivity (Wildman–Crippen MR) is 65.9 cm³/mol. The second-order valence-electron chi connectivity index (χ2n) is 6.13. The second kappa shape index (κ2) is 4.45. The van der Waals surface area contributed by atoms with E-state index in [4.69, 9.17) is 0 Å². The van der Waals surface area contributed by atoms with Crippen molar-refractivity contribution in [3.05, 3.63) is 0 Å². The Hall–Kier alpha value is -0.0400. The summed E-state index contributed by atoms with van der Waals surface area (Å²) in [6.45, 7) is 12.3. The lowest BCUT2D eigenvalue weighted by Crippen LogP contribution is -2.52. The van der Waals surface area contributed by atoms with E-state index in [9.17, 15) is 0 Å². The first-order valence-electron chi connectivity index (χ1n) is 6.85. The molecular weight excluding hydrogens is 182 g/mol. The van der Waals surface area contributed by atoms with Gasteiger partial charge in [-0.15, -0.1) is 0 Å². The Morgan fingerprint density at radius 2 is 1.67 bits per heavy atom. The monoisotopic (exact) mass is 209 g/mol. The van der Waals surface area contributed by atoms with Crippen LogP contribution in [-0.4, -0.2) is 24.0 Å². The fourth-order valence-corrected chi connectivity index (χ4v) is 3.72. The quantitative estimate of drug-likeness (QED) is 0.640. The smallest absolute Gasteiger partial charge is 0.00387 e. The highest BCUT2D eigenvalue weighted by Gasteiger charge is 2.45. The minimum absolute atomic E-state index is 0.742. The molecule has 1 heteroatoms. The first-order valence-corrected chi connectivity index (χ1v) is 6.85. The zero-order chi connectivity index (χ0) is 11.0.